The Hall–Kier alpha value is -0.920. The molecule has 19 heavy (non-hydrogen) atoms. The summed E-state index contributed by atoms with van der Waals surface area (Å²) in [5.74, 6) is 1.25. The van der Waals surface area contributed by atoms with Crippen LogP contribution >= 0.6 is 34.2 Å². The van der Waals surface area contributed by atoms with Crippen molar-refractivity contribution in [3.8, 4) is 17.1 Å². The Balaban J connectivity index is 2.56. The van der Waals surface area contributed by atoms with Gasteiger partial charge in [-0.15, -0.1) is 0 Å². The van der Waals surface area contributed by atoms with Gasteiger partial charge >= 0.3 is 0 Å². The summed E-state index contributed by atoms with van der Waals surface area (Å²) in [6.45, 7) is 0.392. The molecule has 0 N–H and O–H groups in total. The maximum Gasteiger partial charge on any atom is 0.165 e. The SMILES string of the molecule is COCc1nc(-c2ccccc2OC)nc(Cl)c1I. The number of ether oxygens (including phenoxy) is 2. The number of rotatable bonds is 4. The molecule has 0 aliphatic rings. The van der Waals surface area contributed by atoms with Crippen molar-refractivity contribution >= 4 is 34.2 Å². The van der Waals surface area contributed by atoms with Gasteiger partial charge in [-0.25, -0.2) is 9.97 Å². The fourth-order valence-corrected chi connectivity index (χ4v) is 2.23. The predicted octanol–water partition coefficient (Wildman–Crippen LogP) is 3.56. The molecule has 1 aromatic carbocycles. The second-order valence-corrected chi connectivity index (χ2v) is 5.17. The second-order valence-electron chi connectivity index (χ2n) is 3.73. The van der Waals surface area contributed by atoms with Crippen molar-refractivity contribution < 1.29 is 9.47 Å². The van der Waals surface area contributed by atoms with Crippen LogP contribution in [0.2, 0.25) is 5.15 Å². The molecular formula is C13H12ClIN2O2. The molecule has 4 nitrogen and oxygen atoms in total. The van der Waals surface area contributed by atoms with Crippen molar-refractivity contribution in [2.24, 2.45) is 0 Å². The highest BCUT2D eigenvalue weighted by Crippen LogP contribution is 2.30. The highest BCUT2D eigenvalue weighted by Gasteiger charge is 2.14. The molecule has 0 spiro atoms. The van der Waals surface area contributed by atoms with Crippen LogP contribution in [0.1, 0.15) is 5.69 Å². The fourth-order valence-electron chi connectivity index (χ4n) is 1.65. The van der Waals surface area contributed by atoms with E-state index in [1.54, 1.807) is 14.2 Å². The van der Waals surface area contributed by atoms with Gasteiger partial charge in [0.25, 0.3) is 0 Å². The Morgan fingerprint density at radius 2 is 1.95 bits per heavy atom. The lowest BCUT2D eigenvalue weighted by atomic mass is 10.2. The van der Waals surface area contributed by atoms with Crippen LogP contribution in [-0.2, 0) is 11.3 Å². The number of para-hydroxylation sites is 1. The number of nitrogens with zero attached hydrogens (tertiary/aromatic N) is 2. The summed E-state index contributed by atoms with van der Waals surface area (Å²) in [7, 11) is 3.23. The molecule has 0 aliphatic heterocycles. The molecule has 0 fully saturated rings. The lowest BCUT2D eigenvalue weighted by Crippen LogP contribution is -2.02. The smallest absolute Gasteiger partial charge is 0.165 e. The van der Waals surface area contributed by atoms with Gasteiger partial charge in [-0.1, -0.05) is 23.7 Å². The van der Waals surface area contributed by atoms with Crippen LogP contribution in [0.4, 0.5) is 0 Å². The second kappa shape index (κ2) is 6.49. The number of benzene rings is 1. The molecular weight excluding hydrogens is 379 g/mol. The summed E-state index contributed by atoms with van der Waals surface area (Å²) >= 11 is 8.26. The maximum absolute atomic E-state index is 6.15. The summed E-state index contributed by atoms with van der Waals surface area (Å²) in [4.78, 5) is 8.80. The Bertz CT molecular complexity index is 593. The first-order valence-electron chi connectivity index (χ1n) is 5.51. The molecule has 0 atom stereocenters. The van der Waals surface area contributed by atoms with Gasteiger partial charge < -0.3 is 9.47 Å². The summed E-state index contributed by atoms with van der Waals surface area (Å²) in [6.07, 6.45) is 0. The Morgan fingerprint density at radius 1 is 1.21 bits per heavy atom. The molecule has 0 bridgehead atoms. The molecule has 0 saturated heterocycles. The molecule has 0 radical (unpaired) electrons. The zero-order valence-corrected chi connectivity index (χ0v) is 13.4. The van der Waals surface area contributed by atoms with E-state index in [1.165, 1.54) is 0 Å². The van der Waals surface area contributed by atoms with Gasteiger partial charge in [-0.05, 0) is 34.7 Å². The summed E-state index contributed by atoms with van der Waals surface area (Å²) in [5.41, 5.74) is 1.57. The van der Waals surface area contributed by atoms with E-state index in [9.17, 15) is 0 Å². The fraction of sp³-hybridized carbons (Fsp3) is 0.231. The minimum absolute atomic E-state index is 0.392. The van der Waals surface area contributed by atoms with E-state index >= 15 is 0 Å². The quantitative estimate of drug-likeness (QED) is 0.591. The lowest BCUT2D eigenvalue weighted by molar-refractivity contribution is 0.181. The van der Waals surface area contributed by atoms with Crippen LogP contribution in [0.25, 0.3) is 11.4 Å². The summed E-state index contributed by atoms with van der Waals surface area (Å²) in [5, 5.41) is 0.420. The minimum Gasteiger partial charge on any atom is -0.496 e. The lowest BCUT2D eigenvalue weighted by Gasteiger charge is -2.10. The molecule has 2 rings (SSSR count). The van der Waals surface area contributed by atoms with Gasteiger partial charge in [0.2, 0.25) is 0 Å². The third-order valence-electron chi connectivity index (χ3n) is 2.51. The molecule has 100 valence electrons. The number of halogens is 2. The van der Waals surface area contributed by atoms with E-state index in [0.29, 0.717) is 23.3 Å². The average molecular weight is 391 g/mol. The number of hydrogen-bond acceptors (Lipinski definition) is 4. The van der Waals surface area contributed by atoms with E-state index in [4.69, 9.17) is 21.1 Å². The van der Waals surface area contributed by atoms with Gasteiger partial charge in [0.15, 0.2) is 5.82 Å². The topological polar surface area (TPSA) is 44.2 Å². The molecule has 0 aliphatic carbocycles. The number of hydrogen-bond donors (Lipinski definition) is 0. The monoisotopic (exact) mass is 390 g/mol. The zero-order chi connectivity index (χ0) is 13.8. The van der Waals surface area contributed by atoms with Gasteiger partial charge in [-0.2, -0.15) is 0 Å². The predicted molar refractivity (Wildman–Crippen MR) is 82.5 cm³/mol. The molecule has 6 heteroatoms. The first kappa shape index (κ1) is 14.5. The first-order valence-corrected chi connectivity index (χ1v) is 6.97. The van der Waals surface area contributed by atoms with Crippen LogP contribution in [0.3, 0.4) is 0 Å². The third-order valence-corrected chi connectivity index (χ3v) is 4.23. The van der Waals surface area contributed by atoms with E-state index in [-0.39, 0.29) is 0 Å². The van der Waals surface area contributed by atoms with E-state index in [1.807, 2.05) is 24.3 Å². The largest absolute Gasteiger partial charge is 0.496 e. The standard InChI is InChI=1S/C13H12ClIN2O2/c1-18-7-9-11(15)12(14)17-13(16-9)8-5-3-4-6-10(8)19-2/h3-6H,7H2,1-2H3. The van der Waals surface area contributed by atoms with Gasteiger partial charge in [0.05, 0.1) is 28.5 Å². The highest BCUT2D eigenvalue weighted by molar-refractivity contribution is 14.1. The number of methoxy groups -OCH3 is 2. The Kier molecular flexibility index (Phi) is 4.95. The van der Waals surface area contributed by atoms with Crippen molar-refractivity contribution in [1.82, 2.24) is 9.97 Å². The Morgan fingerprint density at radius 3 is 2.63 bits per heavy atom. The van der Waals surface area contributed by atoms with Crippen LogP contribution in [-0.4, -0.2) is 24.2 Å². The maximum atomic E-state index is 6.15. The highest BCUT2D eigenvalue weighted by atomic mass is 127. The molecule has 1 heterocycles. The molecule has 0 amide bonds. The van der Waals surface area contributed by atoms with Crippen LogP contribution < -0.4 is 4.74 Å². The third kappa shape index (κ3) is 3.16. The first-order chi connectivity index (χ1) is 9.17. The van der Waals surface area contributed by atoms with Crippen LogP contribution in [0.5, 0.6) is 5.75 Å². The van der Waals surface area contributed by atoms with Crippen LogP contribution in [0, 0.1) is 3.57 Å². The van der Waals surface area contributed by atoms with Crippen molar-refractivity contribution in [2.45, 2.75) is 6.61 Å². The Labute approximate surface area is 130 Å². The van der Waals surface area contributed by atoms with Crippen molar-refractivity contribution in [1.29, 1.82) is 0 Å². The average Bonchev–Trinajstić information content (AvgIpc) is 2.43. The van der Waals surface area contributed by atoms with Crippen molar-refractivity contribution in [2.75, 3.05) is 14.2 Å². The molecule has 1 aromatic heterocycles. The van der Waals surface area contributed by atoms with Crippen molar-refractivity contribution in [3.05, 3.63) is 38.7 Å². The number of aromatic nitrogens is 2. The van der Waals surface area contributed by atoms with E-state index in [2.05, 4.69) is 32.6 Å². The molecule has 0 unspecified atom stereocenters. The summed E-state index contributed by atoms with van der Waals surface area (Å²) in [6, 6.07) is 7.56. The molecule has 0 saturated carbocycles. The zero-order valence-electron chi connectivity index (χ0n) is 10.5. The van der Waals surface area contributed by atoms with Gasteiger partial charge in [0, 0.05) is 7.11 Å². The summed E-state index contributed by atoms with van der Waals surface area (Å²) < 4.78 is 11.2. The van der Waals surface area contributed by atoms with E-state index < -0.39 is 0 Å². The van der Waals surface area contributed by atoms with Gasteiger partial charge in [0.1, 0.15) is 10.9 Å². The van der Waals surface area contributed by atoms with Crippen molar-refractivity contribution in [3.63, 3.8) is 0 Å². The normalized spacial score (nSPS) is 10.5. The van der Waals surface area contributed by atoms with Crippen LogP contribution in [0.15, 0.2) is 24.3 Å². The molecule has 2 aromatic rings. The van der Waals surface area contributed by atoms with E-state index in [0.717, 1.165) is 14.8 Å². The minimum atomic E-state index is 0.392. The van der Waals surface area contributed by atoms with Gasteiger partial charge in [-0.3, -0.25) is 0 Å².